The minimum atomic E-state index is 0.716. The van der Waals surface area contributed by atoms with E-state index in [2.05, 4.69) is 29.6 Å². The fourth-order valence-corrected chi connectivity index (χ4v) is 2.71. The third-order valence-electron chi connectivity index (χ3n) is 4.06. The smallest absolute Gasteiger partial charge is 0.0736 e. The fourth-order valence-electron chi connectivity index (χ4n) is 2.71. The Labute approximate surface area is 110 Å². The van der Waals surface area contributed by atoms with Crippen LogP contribution in [-0.4, -0.2) is 12.6 Å². The van der Waals surface area contributed by atoms with Gasteiger partial charge in [0.2, 0.25) is 0 Å². The van der Waals surface area contributed by atoms with Crippen molar-refractivity contribution < 1.29 is 4.74 Å². The molecule has 0 bridgehead atoms. The number of nitrogens with one attached hydrogen (secondary N) is 1. The van der Waals surface area contributed by atoms with Gasteiger partial charge in [-0.25, -0.2) is 0 Å². The molecule has 3 rings (SSSR count). The van der Waals surface area contributed by atoms with Gasteiger partial charge < -0.3 is 10.1 Å². The second-order valence-corrected chi connectivity index (χ2v) is 5.64. The van der Waals surface area contributed by atoms with Crippen molar-refractivity contribution in [2.45, 2.75) is 45.3 Å². The molecule has 2 nitrogen and oxygen atoms in total. The predicted molar refractivity (Wildman–Crippen MR) is 74.6 cm³/mol. The summed E-state index contributed by atoms with van der Waals surface area (Å²) in [5.41, 5.74) is 2.58. The van der Waals surface area contributed by atoms with E-state index >= 15 is 0 Å². The van der Waals surface area contributed by atoms with Gasteiger partial charge in [0.1, 0.15) is 0 Å². The van der Waals surface area contributed by atoms with Gasteiger partial charge in [-0.1, -0.05) is 18.2 Å². The molecule has 0 aliphatic heterocycles. The molecule has 1 N–H and O–H groups in total. The van der Waals surface area contributed by atoms with Gasteiger partial charge in [-0.15, -0.1) is 0 Å². The quantitative estimate of drug-likeness (QED) is 0.788. The fraction of sp³-hybridized carbons (Fsp3) is 0.625. The van der Waals surface area contributed by atoms with Crippen LogP contribution in [-0.2, 0) is 11.3 Å². The molecule has 0 amide bonds. The average molecular weight is 245 g/mol. The molecular formula is C16H23NO. The second kappa shape index (κ2) is 5.31. The van der Waals surface area contributed by atoms with Gasteiger partial charge in [0.05, 0.1) is 6.61 Å². The summed E-state index contributed by atoms with van der Waals surface area (Å²) < 4.78 is 5.55. The number of benzene rings is 1. The van der Waals surface area contributed by atoms with E-state index < -0.39 is 0 Å². The first-order valence-electron chi connectivity index (χ1n) is 7.30. The zero-order valence-corrected chi connectivity index (χ0v) is 11.2. The molecule has 0 spiro atoms. The highest BCUT2D eigenvalue weighted by Crippen LogP contribution is 2.46. The van der Waals surface area contributed by atoms with Crippen LogP contribution in [0, 0.1) is 11.8 Å². The molecule has 2 aliphatic rings. The van der Waals surface area contributed by atoms with E-state index in [4.69, 9.17) is 4.74 Å². The lowest BCUT2D eigenvalue weighted by Crippen LogP contribution is -2.24. The van der Waals surface area contributed by atoms with Crippen molar-refractivity contribution in [3.63, 3.8) is 0 Å². The van der Waals surface area contributed by atoms with Crippen LogP contribution in [0.4, 0.5) is 5.69 Å². The molecule has 0 unspecified atom stereocenters. The first-order valence-corrected chi connectivity index (χ1v) is 7.30. The first kappa shape index (κ1) is 12.0. The summed E-state index contributed by atoms with van der Waals surface area (Å²) in [5.74, 6) is 1.86. The molecule has 98 valence electrons. The van der Waals surface area contributed by atoms with Crippen LogP contribution >= 0.6 is 0 Å². The summed E-state index contributed by atoms with van der Waals surface area (Å²) in [5, 5.41) is 3.80. The highest BCUT2D eigenvalue weighted by molar-refractivity contribution is 5.52. The van der Waals surface area contributed by atoms with Crippen molar-refractivity contribution >= 4 is 5.69 Å². The Morgan fingerprint density at radius 1 is 1.17 bits per heavy atom. The Morgan fingerprint density at radius 2 is 1.83 bits per heavy atom. The minimum Gasteiger partial charge on any atom is -0.381 e. The number of hydrogen-bond acceptors (Lipinski definition) is 2. The summed E-state index contributed by atoms with van der Waals surface area (Å²) in [4.78, 5) is 0. The standard InChI is InChI=1S/C16H23NO/c1-2-18-11-14-5-3-4-6-15(14)17-16(12-7-8-12)13-9-10-13/h3-6,12-13,16-17H,2,7-11H2,1H3. The molecule has 2 aliphatic carbocycles. The molecule has 1 aromatic carbocycles. The van der Waals surface area contributed by atoms with E-state index in [0.717, 1.165) is 25.0 Å². The van der Waals surface area contributed by atoms with Crippen LogP contribution < -0.4 is 5.32 Å². The zero-order chi connectivity index (χ0) is 12.4. The minimum absolute atomic E-state index is 0.716. The van der Waals surface area contributed by atoms with Gasteiger partial charge in [-0.2, -0.15) is 0 Å². The van der Waals surface area contributed by atoms with Crippen LogP contribution in [0.15, 0.2) is 24.3 Å². The monoisotopic (exact) mass is 245 g/mol. The van der Waals surface area contributed by atoms with Crippen molar-refractivity contribution in [1.82, 2.24) is 0 Å². The highest BCUT2D eigenvalue weighted by Gasteiger charge is 2.41. The molecule has 0 aromatic heterocycles. The van der Waals surface area contributed by atoms with Crippen LogP contribution in [0.5, 0.6) is 0 Å². The van der Waals surface area contributed by atoms with Gasteiger partial charge in [0.15, 0.2) is 0 Å². The molecule has 0 saturated heterocycles. The normalized spacial score (nSPS) is 19.2. The van der Waals surface area contributed by atoms with Crippen molar-refractivity contribution in [3.8, 4) is 0 Å². The van der Waals surface area contributed by atoms with Crippen LogP contribution in [0.2, 0.25) is 0 Å². The van der Waals surface area contributed by atoms with E-state index in [1.165, 1.54) is 36.9 Å². The maximum atomic E-state index is 5.55. The zero-order valence-electron chi connectivity index (χ0n) is 11.2. The van der Waals surface area contributed by atoms with Gasteiger partial charge in [-0.05, 0) is 50.5 Å². The third kappa shape index (κ3) is 2.86. The molecule has 0 radical (unpaired) electrons. The van der Waals surface area contributed by atoms with Crippen molar-refractivity contribution in [2.75, 3.05) is 11.9 Å². The Balaban J connectivity index is 1.69. The maximum Gasteiger partial charge on any atom is 0.0736 e. The summed E-state index contributed by atoms with van der Waals surface area (Å²) in [7, 11) is 0. The second-order valence-electron chi connectivity index (χ2n) is 5.64. The van der Waals surface area contributed by atoms with Crippen molar-refractivity contribution in [3.05, 3.63) is 29.8 Å². The number of para-hydroxylation sites is 1. The third-order valence-corrected chi connectivity index (χ3v) is 4.06. The number of anilines is 1. The van der Waals surface area contributed by atoms with Crippen molar-refractivity contribution in [1.29, 1.82) is 0 Å². The van der Waals surface area contributed by atoms with E-state index in [-0.39, 0.29) is 0 Å². The van der Waals surface area contributed by atoms with Crippen molar-refractivity contribution in [2.24, 2.45) is 11.8 Å². The van der Waals surface area contributed by atoms with Gasteiger partial charge in [0, 0.05) is 23.9 Å². The Kier molecular flexibility index (Phi) is 3.55. The molecule has 2 fully saturated rings. The molecule has 18 heavy (non-hydrogen) atoms. The summed E-state index contributed by atoms with van der Waals surface area (Å²) >= 11 is 0. The Hall–Kier alpha value is -1.02. The van der Waals surface area contributed by atoms with Crippen LogP contribution in [0.25, 0.3) is 0 Å². The number of rotatable bonds is 7. The van der Waals surface area contributed by atoms with Gasteiger partial charge in [0.25, 0.3) is 0 Å². The molecule has 2 heteroatoms. The predicted octanol–water partition coefficient (Wildman–Crippen LogP) is 3.82. The van der Waals surface area contributed by atoms with E-state index in [1.807, 2.05) is 6.92 Å². The molecule has 1 aromatic rings. The molecule has 0 heterocycles. The number of ether oxygens (including phenoxy) is 1. The number of hydrogen-bond donors (Lipinski definition) is 1. The average Bonchev–Trinajstić information content (AvgIpc) is 3.28. The van der Waals surface area contributed by atoms with E-state index in [9.17, 15) is 0 Å². The van der Waals surface area contributed by atoms with E-state index in [0.29, 0.717) is 6.04 Å². The lowest BCUT2D eigenvalue weighted by atomic mass is 10.1. The van der Waals surface area contributed by atoms with E-state index in [1.54, 1.807) is 0 Å². The molecular weight excluding hydrogens is 222 g/mol. The Morgan fingerprint density at radius 3 is 2.44 bits per heavy atom. The highest BCUT2D eigenvalue weighted by atomic mass is 16.5. The lowest BCUT2D eigenvalue weighted by Gasteiger charge is -2.21. The van der Waals surface area contributed by atoms with Gasteiger partial charge in [-0.3, -0.25) is 0 Å². The maximum absolute atomic E-state index is 5.55. The Bertz CT molecular complexity index is 384. The summed E-state index contributed by atoms with van der Waals surface area (Å²) in [6.07, 6.45) is 5.67. The van der Waals surface area contributed by atoms with Crippen LogP contribution in [0.3, 0.4) is 0 Å². The molecule has 0 atom stereocenters. The molecule has 2 saturated carbocycles. The van der Waals surface area contributed by atoms with Crippen LogP contribution in [0.1, 0.15) is 38.2 Å². The largest absolute Gasteiger partial charge is 0.381 e. The summed E-state index contributed by atoms with van der Waals surface area (Å²) in [6.45, 7) is 3.55. The summed E-state index contributed by atoms with van der Waals surface area (Å²) in [6, 6.07) is 9.31. The van der Waals surface area contributed by atoms with Gasteiger partial charge >= 0.3 is 0 Å². The first-order chi connectivity index (χ1) is 8.88. The lowest BCUT2D eigenvalue weighted by molar-refractivity contribution is 0.134. The SMILES string of the molecule is CCOCc1ccccc1NC(C1CC1)C1CC1. The topological polar surface area (TPSA) is 21.3 Å².